The van der Waals surface area contributed by atoms with E-state index in [0.717, 1.165) is 17.4 Å². The Morgan fingerprint density at radius 2 is 2.18 bits per heavy atom. The van der Waals surface area contributed by atoms with Gasteiger partial charge in [0.1, 0.15) is 0 Å². The summed E-state index contributed by atoms with van der Waals surface area (Å²) in [6, 6.07) is 6.41. The van der Waals surface area contributed by atoms with Crippen LogP contribution in [-0.2, 0) is 0 Å². The van der Waals surface area contributed by atoms with Gasteiger partial charge in [-0.3, -0.25) is 0 Å². The van der Waals surface area contributed by atoms with E-state index in [0.29, 0.717) is 5.92 Å². The molecule has 2 nitrogen and oxygen atoms in total. The molecule has 2 rings (SSSR count). The Morgan fingerprint density at radius 1 is 1.47 bits per heavy atom. The van der Waals surface area contributed by atoms with Crippen LogP contribution in [0.5, 0.6) is 0 Å². The molecule has 0 aliphatic carbocycles. The Balaban J connectivity index is 2.35. The molecule has 1 aliphatic heterocycles. The molecule has 0 radical (unpaired) electrons. The predicted octanol–water partition coefficient (Wildman–Crippen LogP) is 3.35. The zero-order valence-corrected chi connectivity index (χ0v) is 12.3. The summed E-state index contributed by atoms with van der Waals surface area (Å²) < 4.78 is 1.12. The SMILES string of the molecule is Cc1cc(Br)ccc1N1CCC(CO)C1(C)C. The molecule has 0 spiro atoms. The van der Waals surface area contributed by atoms with Crippen molar-refractivity contribution in [3.8, 4) is 0 Å². The molecule has 0 amide bonds. The first-order chi connectivity index (χ1) is 7.96. The van der Waals surface area contributed by atoms with Gasteiger partial charge in [-0.25, -0.2) is 0 Å². The van der Waals surface area contributed by atoms with E-state index in [4.69, 9.17) is 0 Å². The monoisotopic (exact) mass is 297 g/mol. The highest BCUT2D eigenvalue weighted by Crippen LogP contribution is 2.39. The van der Waals surface area contributed by atoms with Crippen LogP contribution in [0.1, 0.15) is 25.8 Å². The lowest BCUT2D eigenvalue weighted by molar-refractivity contribution is 0.189. The molecule has 1 saturated heterocycles. The summed E-state index contributed by atoms with van der Waals surface area (Å²) in [5, 5.41) is 9.45. The largest absolute Gasteiger partial charge is 0.396 e. The maximum absolute atomic E-state index is 9.45. The van der Waals surface area contributed by atoms with Gasteiger partial charge >= 0.3 is 0 Å². The number of hydrogen-bond acceptors (Lipinski definition) is 2. The van der Waals surface area contributed by atoms with Gasteiger partial charge in [0.05, 0.1) is 0 Å². The lowest BCUT2D eigenvalue weighted by Crippen LogP contribution is -2.44. The van der Waals surface area contributed by atoms with Crippen LogP contribution in [0.2, 0.25) is 0 Å². The van der Waals surface area contributed by atoms with Crippen LogP contribution in [0.25, 0.3) is 0 Å². The fourth-order valence-corrected chi connectivity index (χ4v) is 3.29. The minimum Gasteiger partial charge on any atom is -0.396 e. The van der Waals surface area contributed by atoms with Crippen molar-refractivity contribution < 1.29 is 5.11 Å². The van der Waals surface area contributed by atoms with Crippen LogP contribution in [0, 0.1) is 12.8 Å². The second-order valence-electron chi connectivity index (χ2n) is 5.40. The Hall–Kier alpha value is -0.540. The second-order valence-corrected chi connectivity index (χ2v) is 6.32. The Morgan fingerprint density at radius 3 is 2.71 bits per heavy atom. The molecule has 1 N–H and O–H groups in total. The third kappa shape index (κ3) is 2.23. The van der Waals surface area contributed by atoms with E-state index in [1.54, 1.807) is 0 Å². The predicted molar refractivity (Wildman–Crippen MR) is 75.5 cm³/mol. The normalized spacial score (nSPS) is 23.1. The lowest BCUT2D eigenvalue weighted by Gasteiger charge is -2.38. The highest BCUT2D eigenvalue weighted by atomic mass is 79.9. The molecule has 94 valence electrons. The zero-order chi connectivity index (χ0) is 12.6. The number of halogens is 1. The van der Waals surface area contributed by atoms with Crippen LogP contribution < -0.4 is 4.90 Å². The first-order valence-corrected chi connectivity index (χ1v) is 6.90. The topological polar surface area (TPSA) is 23.5 Å². The van der Waals surface area contributed by atoms with E-state index < -0.39 is 0 Å². The smallest absolute Gasteiger partial charge is 0.0482 e. The first kappa shape index (κ1) is 12.9. The van der Waals surface area contributed by atoms with Crippen LogP contribution in [0.15, 0.2) is 22.7 Å². The molecule has 0 bridgehead atoms. The summed E-state index contributed by atoms with van der Waals surface area (Å²) in [5.41, 5.74) is 2.60. The minimum atomic E-state index is 0.0351. The molecular formula is C14H20BrNO. The van der Waals surface area contributed by atoms with Gasteiger partial charge in [-0.15, -0.1) is 0 Å². The number of aliphatic hydroxyl groups is 1. The molecule has 17 heavy (non-hydrogen) atoms. The number of benzene rings is 1. The Kier molecular flexibility index (Phi) is 3.50. The van der Waals surface area contributed by atoms with Crippen molar-refractivity contribution in [2.45, 2.75) is 32.7 Å². The van der Waals surface area contributed by atoms with Crippen molar-refractivity contribution in [3.63, 3.8) is 0 Å². The summed E-state index contributed by atoms with van der Waals surface area (Å²) in [5.74, 6) is 0.366. The summed E-state index contributed by atoms with van der Waals surface area (Å²) in [6.45, 7) is 7.90. The van der Waals surface area contributed by atoms with Gasteiger partial charge < -0.3 is 10.0 Å². The van der Waals surface area contributed by atoms with Gasteiger partial charge in [0.2, 0.25) is 0 Å². The van der Waals surface area contributed by atoms with E-state index in [9.17, 15) is 5.11 Å². The fraction of sp³-hybridized carbons (Fsp3) is 0.571. The van der Waals surface area contributed by atoms with Crippen LogP contribution in [0.3, 0.4) is 0 Å². The van der Waals surface area contributed by atoms with Gasteiger partial charge in [-0.05, 0) is 51.0 Å². The van der Waals surface area contributed by atoms with E-state index in [1.807, 2.05) is 0 Å². The molecular weight excluding hydrogens is 278 g/mol. The van der Waals surface area contributed by atoms with Gasteiger partial charge in [0.25, 0.3) is 0 Å². The maximum atomic E-state index is 9.45. The van der Waals surface area contributed by atoms with Crippen molar-refractivity contribution in [1.29, 1.82) is 0 Å². The van der Waals surface area contributed by atoms with E-state index in [2.05, 4.69) is 59.8 Å². The molecule has 1 unspecified atom stereocenters. The fourth-order valence-electron chi connectivity index (χ4n) is 2.81. The summed E-state index contributed by atoms with van der Waals surface area (Å²) >= 11 is 3.50. The highest BCUT2D eigenvalue weighted by Gasteiger charge is 2.41. The molecule has 1 fully saturated rings. The average Bonchev–Trinajstić information content (AvgIpc) is 2.54. The third-order valence-corrected chi connectivity index (χ3v) is 4.56. The van der Waals surface area contributed by atoms with Gasteiger partial charge in [-0.2, -0.15) is 0 Å². The van der Waals surface area contributed by atoms with Crippen LogP contribution in [0.4, 0.5) is 5.69 Å². The molecule has 1 aromatic rings. The highest BCUT2D eigenvalue weighted by molar-refractivity contribution is 9.10. The zero-order valence-electron chi connectivity index (χ0n) is 10.7. The minimum absolute atomic E-state index is 0.0351. The Labute approximate surface area is 112 Å². The summed E-state index contributed by atoms with van der Waals surface area (Å²) in [7, 11) is 0. The van der Waals surface area contributed by atoms with Crippen LogP contribution in [-0.4, -0.2) is 23.8 Å². The van der Waals surface area contributed by atoms with E-state index >= 15 is 0 Å². The Bertz CT molecular complexity index is 417. The van der Waals surface area contributed by atoms with Crippen molar-refractivity contribution in [2.75, 3.05) is 18.1 Å². The second kappa shape index (κ2) is 4.62. The number of anilines is 1. The number of hydrogen-bond donors (Lipinski definition) is 1. The molecule has 0 aromatic heterocycles. The van der Waals surface area contributed by atoms with Crippen LogP contribution >= 0.6 is 15.9 Å². The van der Waals surface area contributed by atoms with E-state index in [-0.39, 0.29) is 12.1 Å². The number of aryl methyl sites for hydroxylation is 1. The maximum Gasteiger partial charge on any atom is 0.0482 e. The van der Waals surface area contributed by atoms with Gasteiger partial charge in [0.15, 0.2) is 0 Å². The molecule has 1 heterocycles. The van der Waals surface area contributed by atoms with E-state index in [1.165, 1.54) is 11.3 Å². The summed E-state index contributed by atoms with van der Waals surface area (Å²) in [6.07, 6.45) is 1.07. The van der Waals surface area contributed by atoms with Gasteiger partial charge in [0, 0.05) is 34.8 Å². The van der Waals surface area contributed by atoms with Crippen molar-refractivity contribution in [2.24, 2.45) is 5.92 Å². The summed E-state index contributed by atoms with van der Waals surface area (Å²) in [4.78, 5) is 2.43. The number of aliphatic hydroxyl groups excluding tert-OH is 1. The number of rotatable bonds is 2. The van der Waals surface area contributed by atoms with Gasteiger partial charge in [-0.1, -0.05) is 15.9 Å². The average molecular weight is 298 g/mol. The molecule has 1 atom stereocenters. The molecule has 1 aliphatic rings. The van der Waals surface area contributed by atoms with Crippen molar-refractivity contribution in [3.05, 3.63) is 28.2 Å². The molecule has 1 aromatic carbocycles. The number of nitrogens with zero attached hydrogens (tertiary/aromatic N) is 1. The molecule has 3 heteroatoms. The lowest BCUT2D eigenvalue weighted by atomic mass is 9.89. The quantitative estimate of drug-likeness (QED) is 0.905. The van der Waals surface area contributed by atoms with Crippen molar-refractivity contribution in [1.82, 2.24) is 0 Å². The first-order valence-electron chi connectivity index (χ1n) is 6.11. The third-order valence-electron chi connectivity index (χ3n) is 4.07. The molecule has 0 saturated carbocycles. The standard InChI is InChI=1S/C14H20BrNO/c1-10-8-12(15)4-5-13(10)16-7-6-11(9-17)14(16,2)3/h4-5,8,11,17H,6-7,9H2,1-3H3. The van der Waals surface area contributed by atoms with Crippen molar-refractivity contribution >= 4 is 21.6 Å².